The van der Waals surface area contributed by atoms with Gasteiger partial charge in [0, 0.05) is 18.8 Å². The summed E-state index contributed by atoms with van der Waals surface area (Å²) in [7, 11) is 1.42. The molecule has 0 saturated heterocycles. The number of halogens is 1. The molecule has 1 rings (SSSR count). The van der Waals surface area contributed by atoms with Gasteiger partial charge >= 0.3 is 5.97 Å². The maximum atomic E-state index is 11.9. The molecule has 0 fully saturated rings. The molecule has 19 heavy (non-hydrogen) atoms. The van der Waals surface area contributed by atoms with Gasteiger partial charge in [0.2, 0.25) is 0 Å². The molecular weight excluding hydrogens is 310 g/mol. The van der Waals surface area contributed by atoms with Crippen LogP contribution >= 0.6 is 15.9 Å². The maximum Gasteiger partial charge on any atom is 0.325 e. The summed E-state index contributed by atoms with van der Waals surface area (Å²) in [4.78, 5) is 11.9. The van der Waals surface area contributed by atoms with E-state index < -0.39 is 5.54 Å². The van der Waals surface area contributed by atoms with E-state index in [0.29, 0.717) is 6.42 Å². The zero-order valence-corrected chi connectivity index (χ0v) is 13.5. The summed E-state index contributed by atoms with van der Waals surface area (Å²) in [6, 6.07) is 0.225. The van der Waals surface area contributed by atoms with Crippen LogP contribution in [-0.2, 0) is 16.1 Å². The van der Waals surface area contributed by atoms with Gasteiger partial charge < -0.3 is 4.74 Å². The first-order chi connectivity index (χ1) is 8.87. The first kappa shape index (κ1) is 16.2. The van der Waals surface area contributed by atoms with Crippen LogP contribution in [0.5, 0.6) is 0 Å². The van der Waals surface area contributed by atoms with Crippen LogP contribution in [0.1, 0.15) is 33.6 Å². The minimum atomic E-state index is -0.646. The molecular formula is C13H22BrN3O2. The van der Waals surface area contributed by atoms with Crippen LogP contribution in [0.25, 0.3) is 0 Å². The molecule has 0 radical (unpaired) electrons. The molecule has 0 aliphatic carbocycles. The second kappa shape index (κ2) is 7.05. The Bertz CT molecular complexity index is 420. The van der Waals surface area contributed by atoms with Gasteiger partial charge in [-0.25, -0.2) is 0 Å². The van der Waals surface area contributed by atoms with Gasteiger partial charge in [-0.2, -0.15) is 5.10 Å². The molecule has 0 amide bonds. The number of ether oxygens (including phenoxy) is 1. The van der Waals surface area contributed by atoms with Crippen LogP contribution in [0, 0.1) is 0 Å². The van der Waals surface area contributed by atoms with Crippen molar-refractivity contribution < 1.29 is 9.53 Å². The van der Waals surface area contributed by atoms with Crippen molar-refractivity contribution in [1.82, 2.24) is 15.1 Å². The molecule has 108 valence electrons. The minimum absolute atomic E-state index is 0.220. The lowest BCUT2D eigenvalue weighted by Gasteiger charge is -2.30. The molecule has 0 aliphatic heterocycles. The number of hydrogen-bond acceptors (Lipinski definition) is 4. The molecule has 0 aromatic carbocycles. The second-order valence-electron chi connectivity index (χ2n) is 5.15. The van der Waals surface area contributed by atoms with E-state index >= 15 is 0 Å². The van der Waals surface area contributed by atoms with Crippen LogP contribution in [0.2, 0.25) is 0 Å². The van der Waals surface area contributed by atoms with Gasteiger partial charge in [-0.1, -0.05) is 0 Å². The predicted molar refractivity (Wildman–Crippen MR) is 77.9 cm³/mol. The van der Waals surface area contributed by atoms with Crippen molar-refractivity contribution in [2.45, 2.75) is 51.7 Å². The Balaban J connectivity index is 2.55. The van der Waals surface area contributed by atoms with Gasteiger partial charge in [0.05, 0.1) is 17.8 Å². The standard InChI is InChI=1S/C13H22BrN3O2/c1-10(2)16-13(3,12(18)19-4)6-5-7-17-9-11(14)8-15-17/h8-10,16H,5-7H2,1-4H3. The number of aromatic nitrogens is 2. The van der Waals surface area contributed by atoms with Gasteiger partial charge in [0.25, 0.3) is 0 Å². The van der Waals surface area contributed by atoms with Crippen LogP contribution in [0.15, 0.2) is 16.9 Å². The highest BCUT2D eigenvalue weighted by Crippen LogP contribution is 2.17. The molecule has 1 heterocycles. The fraction of sp³-hybridized carbons (Fsp3) is 0.692. The van der Waals surface area contributed by atoms with Gasteiger partial charge in [0.15, 0.2) is 0 Å². The minimum Gasteiger partial charge on any atom is -0.468 e. The highest BCUT2D eigenvalue weighted by molar-refractivity contribution is 9.10. The largest absolute Gasteiger partial charge is 0.468 e. The summed E-state index contributed by atoms with van der Waals surface area (Å²) < 4.78 is 7.71. The molecule has 0 aliphatic rings. The smallest absolute Gasteiger partial charge is 0.325 e. The quantitative estimate of drug-likeness (QED) is 0.779. The lowest BCUT2D eigenvalue weighted by molar-refractivity contribution is -0.148. The molecule has 1 atom stereocenters. The zero-order chi connectivity index (χ0) is 14.5. The molecule has 1 N–H and O–H groups in total. The SMILES string of the molecule is COC(=O)C(C)(CCCn1cc(Br)cn1)NC(C)C. The van der Waals surface area contributed by atoms with E-state index in [1.54, 1.807) is 6.20 Å². The molecule has 5 nitrogen and oxygen atoms in total. The van der Waals surface area contributed by atoms with E-state index in [1.807, 2.05) is 31.6 Å². The van der Waals surface area contributed by atoms with E-state index in [2.05, 4.69) is 26.3 Å². The average molecular weight is 332 g/mol. The first-order valence-electron chi connectivity index (χ1n) is 6.41. The van der Waals surface area contributed by atoms with Crippen molar-refractivity contribution in [3.63, 3.8) is 0 Å². The van der Waals surface area contributed by atoms with Crippen LogP contribution in [0.4, 0.5) is 0 Å². The van der Waals surface area contributed by atoms with E-state index in [4.69, 9.17) is 4.74 Å². The number of hydrogen-bond donors (Lipinski definition) is 1. The molecule has 1 aromatic heterocycles. The van der Waals surface area contributed by atoms with Gasteiger partial charge in [-0.15, -0.1) is 0 Å². The van der Waals surface area contributed by atoms with Crippen LogP contribution in [0.3, 0.4) is 0 Å². The third-order valence-corrected chi connectivity index (χ3v) is 3.32. The lowest BCUT2D eigenvalue weighted by atomic mass is 9.95. The third-order valence-electron chi connectivity index (χ3n) is 2.91. The second-order valence-corrected chi connectivity index (χ2v) is 6.06. The van der Waals surface area contributed by atoms with E-state index in [1.165, 1.54) is 7.11 Å². The fourth-order valence-corrected chi connectivity index (χ4v) is 2.48. The van der Waals surface area contributed by atoms with Crippen molar-refractivity contribution in [2.24, 2.45) is 0 Å². The summed E-state index contributed by atoms with van der Waals surface area (Å²) in [6.07, 6.45) is 5.23. The molecule has 0 saturated carbocycles. The zero-order valence-electron chi connectivity index (χ0n) is 11.9. The topological polar surface area (TPSA) is 56.2 Å². The Morgan fingerprint density at radius 1 is 1.63 bits per heavy atom. The Labute approximate surface area is 122 Å². The van der Waals surface area contributed by atoms with Crippen molar-refractivity contribution in [3.05, 3.63) is 16.9 Å². The Hall–Kier alpha value is -0.880. The third kappa shape index (κ3) is 4.95. The number of carbonyl (C=O) groups is 1. The van der Waals surface area contributed by atoms with E-state index in [0.717, 1.165) is 17.4 Å². The molecule has 0 bridgehead atoms. The predicted octanol–water partition coefficient (Wildman–Crippen LogP) is 2.36. The molecule has 6 heteroatoms. The number of methoxy groups -OCH3 is 1. The monoisotopic (exact) mass is 331 g/mol. The van der Waals surface area contributed by atoms with Gasteiger partial charge in [0.1, 0.15) is 5.54 Å². The Morgan fingerprint density at radius 2 is 2.32 bits per heavy atom. The summed E-state index contributed by atoms with van der Waals surface area (Å²) >= 11 is 3.36. The van der Waals surface area contributed by atoms with Gasteiger partial charge in [-0.3, -0.25) is 14.8 Å². The Kier molecular flexibility index (Phi) is 6.00. The van der Waals surface area contributed by atoms with Gasteiger partial charge in [-0.05, 0) is 49.5 Å². The summed E-state index contributed by atoms with van der Waals surface area (Å²) in [5.74, 6) is -0.220. The normalized spacial score (nSPS) is 14.4. The Morgan fingerprint density at radius 3 is 2.79 bits per heavy atom. The summed E-state index contributed by atoms with van der Waals surface area (Å²) in [5.41, 5.74) is -0.646. The number of aryl methyl sites for hydroxylation is 1. The first-order valence-corrected chi connectivity index (χ1v) is 7.21. The van der Waals surface area contributed by atoms with Crippen molar-refractivity contribution in [3.8, 4) is 0 Å². The summed E-state index contributed by atoms with van der Waals surface area (Å²) in [6.45, 7) is 6.70. The van der Waals surface area contributed by atoms with Crippen LogP contribution in [-0.4, -0.2) is 34.4 Å². The fourth-order valence-electron chi connectivity index (χ4n) is 2.15. The molecule has 1 aromatic rings. The highest BCUT2D eigenvalue weighted by atomic mass is 79.9. The van der Waals surface area contributed by atoms with Crippen molar-refractivity contribution in [2.75, 3.05) is 7.11 Å². The lowest BCUT2D eigenvalue weighted by Crippen LogP contribution is -2.53. The highest BCUT2D eigenvalue weighted by Gasteiger charge is 2.34. The van der Waals surface area contributed by atoms with Crippen LogP contribution < -0.4 is 5.32 Å². The van der Waals surface area contributed by atoms with Crippen molar-refractivity contribution >= 4 is 21.9 Å². The maximum absolute atomic E-state index is 11.9. The number of nitrogens with one attached hydrogen (secondary N) is 1. The molecule has 0 spiro atoms. The summed E-state index contributed by atoms with van der Waals surface area (Å²) in [5, 5.41) is 7.48. The molecule has 1 unspecified atom stereocenters. The number of carbonyl (C=O) groups excluding carboxylic acids is 1. The van der Waals surface area contributed by atoms with E-state index in [-0.39, 0.29) is 12.0 Å². The number of esters is 1. The van der Waals surface area contributed by atoms with E-state index in [9.17, 15) is 4.79 Å². The average Bonchev–Trinajstić information content (AvgIpc) is 2.73. The van der Waals surface area contributed by atoms with Crippen molar-refractivity contribution in [1.29, 1.82) is 0 Å². The number of rotatable bonds is 7. The number of nitrogens with zero attached hydrogens (tertiary/aromatic N) is 2.